The highest BCUT2D eigenvalue weighted by atomic mass is 16.5. The number of nitrogen functional groups attached to an aromatic ring is 1. The average Bonchev–Trinajstić information content (AvgIpc) is 2.73. The van der Waals surface area contributed by atoms with E-state index in [0.717, 1.165) is 11.3 Å². The minimum Gasteiger partial charge on any atom is -0.461 e. The number of hydrogen-bond donors (Lipinski definition) is 1. The molecule has 0 bridgehead atoms. The molecule has 0 amide bonds. The van der Waals surface area contributed by atoms with Gasteiger partial charge >= 0.3 is 5.97 Å². The topological polar surface area (TPSA) is 70.1 Å². The lowest BCUT2D eigenvalue weighted by molar-refractivity contribution is 0.0519. The first kappa shape index (κ1) is 12.2. The van der Waals surface area contributed by atoms with Crippen LogP contribution in [-0.2, 0) is 4.74 Å². The Morgan fingerprint density at radius 3 is 2.67 bits per heavy atom. The number of rotatable bonds is 3. The van der Waals surface area contributed by atoms with E-state index in [-0.39, 0.29) is 5.69 Å². The smallest absolute Gasteiger partial charge is 0.358 e. The Morgan fingerprint density at radius 1 is 1.39 bits per heavy atom. The maximum absolute atomic E-state index is 11.5. The van der Waals surface area contributed by atoms with Crippen LogP contribution in [0.5, 0.6) is 0 Å². The fourth-order valence-electron chi connectivity index (χ4n) is 1.59. The molecular weight excluding hydrogens is 230 g/mol. The molecule has 1 aromatic heterocycles. The Hall–Kier alpha value is -2.30. The van der Waals surface area contributed by atoms with Crippen LogP contribution in [0.1, 0.15) is 23.0 Å². The molecule has 0 unspecified atom stereocenters. The molecule has 0 atom stereocenters. The molecule has 1 heterocycles. The van der Waals surface area contributed by atoms with Crippen LogP contribution in [0.3, 0.4) is 0 Å². The first-order valence-electron chi connectivity index (χ1n) is 5.71. The van der Waals surface area contributed by atoms with Crippen LogP contribution < -0.4 is 5.73 Å². The largest absolute Gasteiger partial charge is 0.461 e. The van der Waals surface area contributed by atoms with Crippen LogP contribution in [0, 0.1) is 6.92 Å². The van der Waals surface area contributed by atoms with E-state index in [1.54, 1.807) is 6.92 Å². The van der Waals surface area contributed by atoms with Gasteiger partial charge in [0.25, 0.3) is 0 Å². The van der Waals surface area contributed by atoms with Gasteiger partial charge in [-0.25, -0.2) is 9.48 Å². The first-order chi connectivity index (χ1) is 8.61. The van der Waals surface area contributed by atoms with Crippen LogP contribution in [-0.4, -0.2) is 22.4 Å². The second kappa shape index (κ2) is 4.91. The zero-order chi connectivity index (χ0) is 13.1. The van der Waals surface area contributed by atoms with Crippen molar-refractivity contribution in [3.05, 3.63) is 41.6 Å². The highest BCUT2D eigenvalue weighted by Crippen LogP contribution is 2.15. The van der Waals surface area contributed by atoms with Gasteiger partial charge in [-0.3, -0.25) is 0 Å². The number of benzene rings is 1. The molecule has 18 heavy (non-hydrogen) atoms. The van der Waals surface area contributed by atoms with Crippen molar-refractivity contribution in [2.75, 3.05) is 12.3 Å². The molecule has 0 aliphatic carbocycles. The minimum atomic E-state index is -0.463. The Kier molecular flexibility index (Phi) is 3.32. The molecule has 0 spiro atoms. The molecule has 94 valence electrons. The van der Waals surface area contributed by atoms with Gasteiger partial charge in [-0.15, -0.1) is 0 Å². The summed E-state index contributed by atoms with van der Waals surface area (Å²) in [4.78, 5) is 11.5. The van der Waals surface area contributed by atoms with E-state index in [1.807, 2.05) is 31.2 Å². The SMILES string of the molecule is CCOC(=O)c1cc(N)n(-c2ccc(C)cc2)n1. The number of carbonyl (C=O) groups excluding carboxylic acids is 1. The molecule has 0 saturated carbocycles. The maximum Gasteiger partial charge on any atom is 0.358 e. The highest BCUT2D eigenvalue weighted by molar-refractivity contribution is 5.88. The first-order valence-corrected chi connectivity index (χ1v) is 5.71. The second-order valence-electron chi connectivity index (χ2n) is 3.92. The van der Waals surface area contributed by atoms with E-state index in [9.17, 15) is 4.79 Å². The van der Waals surface area contributed by atoms with Gasteiger partial charge in [0.15, 0.2) is 5.69 Å². The highest BCUT2D eigenvalue weighted by Gasteiger charge is 2.14. The van der Waals surface area contributed by atoms with Crippen molar-refractivity contribution in [1.29, 1.82) is 0 Å². The normalized spacial score (nSPS) is 10.3. The summed E-state index contributed by atoms with van der Waals surface area (Å²) in [6.07, 6.45) is 0. The molecule has 5 heteroatoms. The predicted molar refractivity (Wildman–Crippen MR) is 68.7 cm³/mol. The number of ether oxygens (including phenoxy) is 1. The molecule has 0 aliphatic heterocycles. The summed E-state index contributed by atoms with van der Waals surface area (Å²) in [5.74, 6) is -0.0584. The van der Waals surface area contributed by atoms with Gasteiger partial charge in [0, 0.05) is 6.07 Å². The quantitative estimate of drug-likeness (QED) is 0.839. The van der Waals surface area contributed by atoms with Crippen LogP contribution >= 0.6 is 0 Å². The fraction of sp³-hybridized carbons (Fsp3) is 0.231. The van der Waals surface area contributed by atoms with Gasteiger partial charge in [0.1, 0.15) is 5.82 Å². The van der Waals surface area contributed by atoms with Crippen molar-refractivity contribution in [3.63, 3.8) is 0 Å². The number of hydrogen-bond acceptors (Lipinski definition) is 4. The lowest BCUT2D eigenvalue weighted by Gasteiger charge is -2.03. The van der Waals surface area contributed by atoms with Gasteiger partial charge < -0.3 is 10.5 Å². The van der Waals surface area contributed by atoms with Gasteiger partial charge in [0.2, 0.25) is 0 Å². The fourth-order valence-corrected chi connectivity index (χ4v) is 1.59. The number of carbonyl (C=O) groups is 1. The molecular formula is C13H15N3O2. The maximum atomic E-state index is 11.5. The Bertz CT molecular complexity index is 558. The summed E-state index contributed by atoms with van der Waals surface area (Å²) in [6, 6.07) is 9.22. The lowest BCUT2D eigenvalue weighted by Crippen LogP contribution is -2.07. The van der Waals surface area contributed by atoms with Crippen molar-refractivity contribution >= 4 is 11.8 Å². The van der Waals surface area contributed by atoms with E-state index in [0.29, 0.717) is 12.4 Å². The van der Waals surface area contributed by atoms with Gasteiger partial charge in [-0.1, -0.05) is 17.7 Å². The van der Waals surface area contributed by atoms with Gasteiger partial charge in [-0.05, 0) is 26.0 Å². The number of aromatic nitrogens is 2. The summed E-state index contributed by atoms with van der Waals surface area (Å²) in [6.45, 7) is 4.06. The second-order valence-corrected chi connectivity index (χ2v) is 3.92. The van der Waals surface area contributed by atoms with E-state index in [2.05, 4.69) is 5.10 Å². The van der Waals surface area contributed by atoms with Crippen molar-refractivity contribution in [1.82, 2.24) is 9.78 Å². The zero-order valence-corrected chi connectivity index (χ0v) is 10.4. The Labute approximate surface area is 105 Å². The number of esters is 1. The van der Waals surface area contributed by atoms with Crippen LogP contribution in [0.2, 0.25) is 0 Å². The number of nitrogens with two attached hydrogens (primary N) is 1. The summed E-state index contributed by atoms with van der Waals surface area (Å²) in [5.41, 5.74) is 8.02. The van der Waals surface area contributed by atoms with Crippen molar-refractivity contribution < 1.29 is 9.53 Å². The molecule has 0 aliphatic rings. The van der Waals surface area contributed by atoms with E-state index >= 15 is 0 Å². The molecule has 2 rings (SSSR count). The third kappa shape index (κ3) is 2.34. The number of aryl methyl sites for hydroxylation is 1. The summed E-state index contributed by atoms with van der Waals surface area (Å²) in [5, 5.41) is 4.15. The average molecular weight is 245 g/mol. The molecule has 2 aromatic rings. The van der Waals surface area contributed by atoms with Crippen molar-refractivity contribution in [2.24, 2.45) is 0 Å². The molecule has 0 radical (unpaired) electrons. The van der Waals surface area contributed by atoms with Crippen LogP contribution in [0.4, 0.5) is 5.82 Å². The molecule has 5 nitrogen and oxygen atoms in total. The van der Waals surface area contributed by atoms with Crippen molar-refractivity contribution in [2.45, 2.75) is 13.8 Å². The zero-order valence-electron chi connectivity index (χ0n) is 10.4. The van der Waals surface area contributed by atoms with E-state index in [4.69, 9.17) is 10.5 Å². The Morgan fingerprint density at radius 2 is 2.06 bits per heavy atom. The van der Waals surface area contributed by atoms with Crippen LogP contribution in [0.15, 0.2) is 30.3 Å². The van der Waals surface area contributed by atoms with Crippen LogP contribution in [0.25, 0.3) is 5.69 Å². The van der Waals surface area contributed by atoms with E-state index < -0.39 is 5.97 Å². The van der Waals surface area contributed by atoms with Gasteiger partial charge in [-0.2, -0.15) is 5.10 Å². The monoisotopic (exact) mass is 245 g/mol. The summed E-state index contributed by atoms with van der Waals surface area (Å²) < 4.78 is 6.40. The molecule has 2 N–H and O–H groups in total. The number of anilines is 1. The van der Waals surface area contributed by atoms with E-state index in [1.165, 1.54) is 10.7 Å². The Balaban J connectivity index is 2.34. The van der Waals surface area contributed by atoms with Crippen molar-refractivity contribution in [3.8, 4) is 5.69 Å². The molecule has 0 fully saturated rings. The lowest BCUT2D eigenvalue weighted by atomic mass is 10.2. The van der Waals surface area contributed by atoms with Gasteiger partial charge in [0.05, 0.1) is 12.3 Å². The number of nitrogens with zero attached hydrogens (tertiary/aromatic N) is 2. The third-order valence-electron chi connectivity index (χ3n) is 2.50. The minimum absolute atomic E-state index is 0.218. The molecule has 0 saturated heterocycles. The molecule has 1 aromatic carbocycles. The summed E-state index contributed by atoms with van der Waals surface area (Å²) >= 11 is 0. The summed E-state index contributed by atoms with van der Waals surface area (Å²) in [7, 11) is 0. The standard InChI is InChI=1S/C13H15N3O2/c1-3-18-13(17)11-8-12(14)16(15-11)10-6-4-9(2)5-7-10/h4-8H,3,14H2,1-2H3. The third-order valence-corrected chi connectivity index (χ3v) is 2.50. The predicted octanol–water partition coefficient (Wildman–Crippen LogP) is 1.94.